The van der Waals surface area contributed by atoms with Crippen molar-refractivity contribution in [1.29, 1.82) is 0 Å². The molecule has 1 aromatic carbocycles. The average molecular weight is 316 g/mol. The quantitative estimate of drug-likeness (QED) is 0.851. The maximum Gasteiger partial charge on any atom is 0.228 e. The lowest BCUT2D eigenvalue weighted by Crippen LogP contribution is -2.47. The van der Waals surface area contributed by atoms with E-state index >= 15 is 0 Å². The first-order valence-corrected chi connectivity index (χ1v) is 8.26. The van der Waals surface area contributed by atoms with Crippen molar-refractivity contribution in [3.63, 3.8) is 0 Å². The number of benzene rings is 1. The van der Waals surface area contributed by atoms with E-state index in [0.717, 1.165) is 5.56 Å². The van der Waals surface area contributed by atoms with Gasteiger partial charge in [0.15, 0.2) is 0 Å². The highest BCUT2D eigenvalue weighted by atomic mass is 16.5. The molecule has 3 rings (SSSR count). The summed E-state index contributed by atoms with van der Waals surface area (Å²) in [4.78, 5) is 28.5. The maximum atomic E-state index is 12.6. The number of aryl methyl sites for hydroxylation is 1. The molecule has 0 spiro atoms. The standard InChI is InChI=1S/C18H24N2O3/c1-13-3-5-15(6-4-13)11-20-12-16(9-17(20)21)18(22)19-7-8-23-14(2)10-19/h3-6,14,16H,7-12H2,1-2H3. The van der Waals surface area contributed by atoms with Crippen molar-refractivity contribution in [1.82, 2.24) is 9.80 Å². The first-order chi connectivity index (χ1) is 11.0. The topological polar surface area (TPSA) is 49.9 Å². The van der Waals surface area contributed by atoms with E-state index in [9.17, 15) is 9.59 Å². The van der Waals surface area contributed by atoms with Gasteiger partial charge in [0.25, 0.3) is 0 Å². The minimum Gasteiger partial charge on any atom is -0.375 e. The largest absolute Gasteiger partial charge is 0.375 e. The third kappa shape index (κ3) is 3.72. The molecule has 124 valence electrons. The van der Waals surface area contributed by atoms with Crippen LogP contribution in [0.2, 0.25) is 0 Å². The van der Waals surface area contributed by atoms with Gasteiger partial charge in [0.2, 0.25) is 11.8 Å². The Morgan fingerprint density at radius 2 is 2.00 bits per heavy atom. The van der Waals surface area contributed by atoms with Crippen molar-refractivity contribution in [2.24, 2.45) is 5.92 Å². The van der Waals surface area contributed by atoms with E-state index in [1.54, 1.807) is 4.90 Å². The molecule has 5 heteroatoms. The Morgan fingerprint density at radius 1 is 1.26 bits per heavy atom. The van der Waals surface area contributed by atoms with E-state index in [1.807, 2.05) is 43.0 Å². The van der Waals surface area contributed by atoms with E-state index in [-0.39, 0.29) is 23.8 Å². The molecule has 1 aromatic rings. The van der Waals surface area contributed by atoms with Crippen molar-refractivity contribution >= 4 is 11.8 Å². The summed E-state index contributed by atoms with van der Waals surface area (Å²) in [6.07, 6.45) is 0.407. The Kier molecular flexibility index (Phi) is 4.66. The smallest absolute Gasteiger partial charge is 0.228 e. The second-order valence-corrected chi connectivity index (χ2v) is 6.63. The van der Waals surface area contributed by atoms with Gasteiger partial charge in [0, 0.05) is 32.6 Å². The predicted molar refractivity (Wildman–Crippen MR) is 86.7 cm³/mol. The van der Waals surface area contributed by atoms with E-state index in [1.165, 1.54) is 5.56 Å². The number of hydrogen-bond donors (Lipinski definition) is 0. The Morgan fingerprint density at radius 3 is 2.70 bits per heavy atom. The van der Waals surface area contributed by atoms with Crippen LogP contribution in [0, 0.1) is 12.8 Å². The highest BCUT2D eigenvalue weighted by molar-refractivity contribution is 5.89. The SMILES string of the molecule is Cc1ccc(CN2CC(C(=O)N3CCOC(C)C3)CC2=O)cc1. The minimum atomic E-state index is -0.210. The molecule has 2 aliphatic heterocycles. The maximum absolute atomic E-state index is 12.6. The number of morpholine rings is 1. The fraction of sp³-hybridized carbons (Fsp3) is 0.556. The summed E-state index contributed by atoms with van der Waals surface area (Å²) in [5.74, 6) is -0.0385. The molecule has 2 heterocycles. The third-order valence-corrected chi connectivity index (χ3v) is 4.61. The van der Waals surface area contributed by atoms with E-state index in [2.05, 4.69) is 0 Å². The fourth-order valence-electron chi connectivity index (χ4n) is 3.28. The van der Waals surface area contributed by atoms with Crippen LogP contribution in [0.25, 0.3) is 0 Å². The van der Waals surface area contributed by atoms with Gasteiger partial charge in [-0.05, 0) is 19.4 Å². The number of hydrogen-bond acceptors (Lipinski definition) is 3. The zero-order valence-corrected chi connectivity index (χ0v) is 13.8. The van der Waals surface area contributed by atoms with Crippen LogP contribution in [0.5, 0.6) is 0 Å². The van der Waals surface area contributed by atoms with Crippen LogP contribution in [-0.4, -0.2) is 54.0 Å². The highest BCUT2D eigenvalue weighted by Crippen LogP contribution is 2.23. The molecule has 5 nitrogen and oxygen atoms in total. The minimum absolute atomic E-state index is 0.0743. The molecule has 2 unspecified atom stereocenters. The molecule has 0 N–H and O–H groups in total. The van der Waals surface area contributed by atoms with Gasteiger partial charge in [-0.3, -0.25) is 9.59 Å². The van der Waals surface area contributed by atoms with Crippen molar-refractivity contribution in [2.45, 2.75) is 32.9 Å². The Balaban J connectivity index is 1.60. The number of rotatable bonds is 3. The van der Waals surface area contributed by atoms with Crippen LogP contribution in [0.15, 0.2) is 24.3 Å². The number of carbonyl (C=O) groups excluding carboxylic acids is 2. The molecular weight excluding hydrogens is 292 g/mol. The van der Waals surface area contributed by atoms with Crippen LogP contribution in [-0.2, 0) is 20.9 Å². The lowest BCUT2D eigenvalue weighted by Gasteiger charge is -2.32. The third-order valence-electron chi connectivity index (χ3n) is 4.61. The van der Waals surface area contributed by atoms with E-state index < -0.39 is 0 Å². The molecule has 0 aromatic heterocycles. The van der Waals surface area contributed by atoms with Gasteiger partial charge in [-0.15, -0.1) is 0 Å². The summed E-state index contributed by atoms with van der Waals surface area (Å²) in [6.45, 7) is 6.97. The Bertz CT molecular complexity index is 584. The molecular formula is C18H24N2O3. The van der Waals surface area contributed by atoms with Gasteiger partial charge in [0.1, 0.15) is 0 Å². The monoisotopic (exact) mass is 316 g/mol. The van der Waals surface area contributed by atoms with Gasteiger partial charge < -0.3 is 14.5 Å². The number of amides is 2. The van der Waals surface area contributed by atoms with Crippen LogP contribution in [0.1, 0.15) is 24.5 Å². The van der Waals surface area contributed by atoms with E-state index in [0.29, 0.717) is 39.2 Å². The molecule has 0 saturated carbocycles. The van der Waals surface area contributed by atoms with Crippen molar-refractivity contribution in [3.05, 3.63) is 35.4 Å². The first-order valence-electron chi connectivity index (χ1n) is 8.26. The van der Waals surface area contributed by atoms with Gasteiger partial charge in [-0.1, -0.05) is 29.8 Å². The fourth-order valence-corrected chi connectivity index (χ4v) is 3.28. The zero-order valence-electron chi connectivity index (χ0n) is 13.8. The molecule has 2 aliphatic rings. The molecule has 2 atom stereocenters. The van der Waals surface area contributed by atoms with Crippen LogP contribution in [0.3, 0.4) is 0 Å². The Labute approximate surface area is 137 Å². The average Bonchev–Trinajstić information content (AvgIpc) is 2.90. The van der Waals surface area contributed by atoms with Gasteiger partial charge >= 0.3 is 0 Å². The van der Waals surface area contributed by atoms with Crippen LogP contribution < -0.4 is 0 Å². The summed E-state index contributed by atoms with van der Waals surface area (Å²) in [5, 5.41) is 0. The molecule has 2 saturated heterocycles. The summed E-state index contributed by atoms with van der Waals surface area (Å²) < 4.78 is 5.48. The first kappa shape index (κ1) is 16.0. The predicted octanol–water partition coefficient (Wildman–Crippen LogP) is 1.59. The highest BCUT2D eigenvalue weighted by Gasteiger charge is 2.37. The summed E-state index contributed by atoms with van der Waals surface area (Å²) in [6, 6.07) is 8.18. The number of nitrogens with zero attached hydrogens (tertiary/aromatic N) is 2. The summed E-state index contributed by atoms with van der Waals surface area (Å²) in [5.41, 5.74) is 2.31. The second-order valence-electron chi connectivity index (χ2n) is 6.63. The molecule has 2 fully saturated rings. The lowest BCUT2D eigenvalue weighted by molar-refractivity contribution is -0.142. The number of ether oxygens (including phenoxy) is 1. The number of likely N-dealkylation sites (tertiary alicyclic amines) is 1. The molecule has 2 amide bonds. The molecule has 23 heavy (non-hydrogen) atoms. The lowest BCUT2D eigenvalue weighted by atomic mass is 10.1. The van der Waals surface area contributed by atoms with Crippen molar-refractivity contribution in [2.75, 3.05) is 26.2 Å². The number of carbonyl (C=O) groups is 2. The van der Waals surface area contributed by atoms with E-state index in [4.69, 9.17) is 4.74 Å². The van der Waals surface area contributed by atoms with Gasteiger partial charge in [0.05, 0.1) is 18.6 Å². The van der Waals surface area contributed by atoms with Crippen molar-refractivity contribution < 1.29 is 14.3 Å². The molecule has 0 bridgehead atoms. The Hall–Kier alpha value is -1.88. The summed E-state index contributed by atoms with van der Waals surface area (Å²) in [7, 11) is 0. The van der Waals surface area contributed by atoms with Crippen LogP contribution in [0.4, 0.5) is 0 Å². The zero-order chi connectivity index (χ0) is 16.4. The normalized spacial score (nSPS) is 25.0. The van der Waals surface area contributed by atoms with Gasteiger partial charge in [-0.2, -0.15) is 0 Å². The summed E-state index contributed by atoms with van der Waals surface area (Å²) >= 11 is 0. The van der Waals surface area contributed by atoms with Crippen LogP contribution >= 0.6 is 0 Å². The molecule has 0 radical (unpaired) electrons. The second kappa shape index (κ2) is 6.71. The van der Waals surface area contributed by atoms with Crippen molar-refractivity contribution in [3.8, 4) is 0 Å². The van der Waals surface area contributed by atoms with Gasteiger partial charge in [-0.25, -0.2) is 0 Å². The molecule has 0 aliphatic carbocycles.